The third kappa shape index (κ3) is 2.56. The number of anilines is 1. The molecule has 1 fully saturated rings. The molecule has 0 saturated carbocycles. The van der Waals surface area contributed by atoms with Crippen LogP contribution in [-0.4, -0.2) is 52.4 Å². The third-order valence-corrected chi connectivity index (χ3v) is 5.49. The molecule has 2 aromatic heterocycles. The van der Waals surface area contributed by atoms with E-state index in [2.05, 4.69) is 21.0 Å². The van der Waals surface area contributed by atoms with E-state index < -0.39 is 0 Å². The highest BCUT2D eigenvalue weighted by Gasteiger charge is 2.46. The molecule has 0 aromatic carbocycles. The lowest BCUT2D eigenvalue weighted by atomic mass is 9.82. The van der Waals surface area contributed by atoms with E-state index in [1.807, 2.05) is 17.9 Å². The molecule has 8 nitrogen and oxygen atoms in total. The highest BCUT2D eigenvalue weighted by molar-refractivity contribution is 5.75. The first kappa shape index (κ1) is 16.7. The van der Waals surface area contributed by atoms with Crippen LogP contribution in [0.4, 0.5) is 10.6 Å². The van der Waals surface area contributed by atoms with E-state index in [0.717, 1.165) is 43.7 Å². The quantitative estimate of drug-likeness (QED) is 0.871. The van der Waals surface area contributed by atoms with Crippen LogP contribution < -0.4 is 15.8 Å². The standard InChI is InChI=1S/C18H24N6O2/c1-3-20-17(25)23-6-4-18(11-23)5-7-24-15(18)9-13(22-24)12-8-14(26-2)16(19)21-10-12/h8-10H,3-7,11H2,1-2H3,(H2,19,21)(H,20,25). The van der Waals surface area contributed by atoms with Gasteiger partial charge < -0.3 is 20.7 Å². The molecule has 1 spiro atoms. The molecule has 2 amide bonds. The van der Waals surface area contributed by atoms with Crippen LogP contribution in [0.25, 0.3) is 11.3 Å². The maximum Gasteiger partial charge on any atom is 0.317 e. The predicted octanol–water partition coefficient (Wildman–Crippen LogP) is 1.61. The summed E-state index contributed by atoms with van der Waals surface area (Å²) in [4.78, 5) is 18.3. The average molecular weight is 356 g/mol. The number of amides is 2. The van der Waals surface area contributed by atoms with Gasteiger partial charge in [-0.05, 0) is 31.9 Å². The molecule has 2 aliphatic rings. The Bertz CT molecular complexity index is 848. The summed E-state index contributed by atoms with van der Waals surface area (Å²) in [6.07, 6.45) is 3.71. The number of aryl methyl sites for hydroxylation is 1. The van der Waals surface area contributed by atoms with E-state index >= 15 is 0 Å². The van der Waals surface area contributed by atoms with Crippen molar-refractivity contribution in [2.24, 2.45) is 0 Å². The molecule has 8 heteroatoms. The third-order valence-electron chi connectivity index (χ3n) is 5.49. The number of nitrogens with one attached hydrogen (secondary N) is 1. The average Bonchev–Trinajstić information content (AvgIpc) is 3.33. The summed E-state index contributed by atoms with van der Waals surface area (Å²) < 4.78 is 7.34. The molecule has 1 atom stereocenters. The van der Waals surface area contributed by atoms with Gasteiger partial charge in [-0.15, -0.1) is 0 Å². The molecule has 1 saturated heterocycles. The van der Waals surface area contributed by atoms with Crippen LogP contribution in [0.2, 0.25) is 0 Å². The topological polar surface area (TPSA) is 98.3 Å². The fourth-order valence-electron chi connectivity index (χ4n) is 4.08. The Hall–Kier alpha value is -2.77. The van der Waals surface area contributed by atoms with Crippen molar-refractivity contribution in [2.75, 3.05) is 32.5 Å². The highest BCUT2D eigenvalue weighted by atomic mass is 16.5. The number of rotatable bonds is 3. The summed E-state index contributed by atoms with van der Waals surface area (Å²) in [5, 5.41) is 7.65. The number of carbonyl (C=O) groups excluding carboxylic acids is 1. The summed E-state index contributed by atoms with van der Waals surface area (Å²) in [7, 11) is 1.58. The largest absolute Gasteiger partial charge is 0.493 e. The molecular formula is C18H24N6O2. The van der Waals surface area contributed by atoms with Crippen LogP contribution in [0.3, 0.4) is 0 Å². The second-order valence-electron chi connectivity index (χ2n) is 6.99. The van der Waals surface area contributed by atoms with E-state index in [9.17, 15) is 4.79 Å². The molecule has 0 aliphatic carbocycles. The summed E-state index contributed by atoms with van der Waals surface area (Å²) in [5.41, 5.74) is 8.76. The maximum atomic E-state index is 12.2. The van der Waals surface area contributed by atoms with Gasteiger partial charge in [-0.2, -0.15) is 5.10 Å². The summed E-state index contributed by atoms with van der Waals surface area (Å²) in [6.45, 7) is 4.99. The number of ether oxygens (including phenoxy) is 1. The molecule has 0 radical (unpaired) electrons. The number of nitrogens with two attached hydrogens (primary N) is 1. The van der Waals surface area contributed by atoms with Gasteiger partial charge >= 0.3 is 6.03 Å². The van der Waals surface area contributed by atoms with Gasteiger partial charge in [0.2, 0.25) is 0 Å². The maximum absolute atomic E-state index is 12.2. The lowest BCUT2D eigenvalue weighted by Gasteiger charge is -2.23. The fraction of sp³-hybridized carbons (Fsp3) is 0.500. The van der Waals surface area contributed by atoms with E-state index in [-0.39, 0.29) is 11.4 Å². The summed E-state index contributed by atoms with van der Waals surface area (Å²) >= 11 is 0. The van der Waals surface area contributed by atoms with Crippen molar-refractivity contribution >= 4 is 11.8 Å². The molecule has 2 aromatic rings. The summed E-state index contributed by atoms with van der Waals surface area (Å²) in [5.74, 6) is 0.918. The number of likely N-dealkylation sites (tertiary alicyclic amines) is 1. The molecule has 1 unspecified atom stereocenters. The van der Waals surface area contributed by atoms with Crippen molar-refractivity contribution in [3.05, 3.63) is 24.0 Å². The number of hydrogen-bond donors (Lipinski definition) is 2. The molecule has 26 heavy (non-hydrogen) atoms. The lowest BCUT2D eigenvalue weighted by Crippen LogP contribution is -2.40. The zero-order valence-electron chi connectivity index (χ0n) is 15.2. The number of fused-ring (bicyclic) bond motifs is 2. The second kappa shape index (κ2) is 6.19. The highest BCUT2D eigenvalue weighted by Crippen LogP contribution is 2.43. The van der Waals surface area contributed by atoms with Crippen molar-refractivity contribution in [1.82, 2.24) is 25.0 Å². The van der Waals surface area contributed by atoms with Crippen molar-refractivity contribution in [2.45, 2.75) is 31.7 Å². The lowest BCUT2D eigenvalue weighted by molar-refractivity contribution is 0.206. The Labute approximate surface area is 152 Å². The van der Waals surface area contributed by atoms with Crippen LogP contribution in [-0.2, 0) is 12.0 Å². The van der Waals surface area contributed by atoms with Gasteiger partial charge in [0.25, 0.3) is 0 Å². The van der Waals surface area contributed by atoms with Gasteiger partial charge in [0.05, 0.1) is 12.8 Å². The molecule has 4 rings (SSSR count). The number of pyridine rings is 1. The van der Waals surface area contributed by atoms with Gasteiger partial charge in [-0.3, -0.25) is 4.68 Å². The number of urea groups is 1. The fourth-order valence-corrected chi connectivity index (χ4v) is 4.08. The number of nitrogen functional groups attached to an aromatic ring is 1. The number of nitrogens with zero attached hydrogens (tertiary/aromatic N) is 4. The number of aromatic nitrogens is 3. The number of carbonyl (C=O) groups is 1. The van der Waals surface area contributed by atoms with Crippen molar-refractivity contribution in [1.29, 1.82) is 0 Å². The van der Waals surface area contributed by atoms with Gasteiger partial charge in [0, 0.05) is 49.0 Å². The van der Waals surface area contributed by atoms with Gasteiger partial charge in [-0.25, -0.2) is 9.78 Å². The minimum absolute atomic E-state index is 0.00164. The molecule has 4 heterocycles. The first-order valence-corrected chi connectivity index (χ1v) is 8.97. The SMILES string of the molecule is CCNC(=O)N1CCC2(CCn3nc(-c4cnc(N)c(OC)c4)cc32)C1. The van der Waals surface area contributed by atoms with Crippen molar-refractivity contribution in [3.63, 3.8) is 0 Å². The summed E-state index contributed by atoms with van der Waals surface area (Å²) in [6, 6.07) is 4.01. The minimum atomic E-state index is 0.00164. The van der Waals surface area contributed by atoms with Crippen LogP contribution in [0, 0.1) is 0 Å². The molecule has 0 bridgehead atoms. The number of methoxy groups -OCH3 is 1. The van der Waals surface area contributed by atoms with Gasteiger partial charge in [0.1, 0.15) is 0 Å². The second-order valence-corrected chi connectivity index (χ2v) is 6.99. The first-order chi connectivity index (χ1) is 12.6. The van der Waals surface area contributed by atoms with Crippen LogP contribution in [0.5, 0.6) is 5.75 Å². The van der Waals surface area contributed by atoms with E-state index in [1.165, 1.54) is 5.69 Å². The zero-order chi connectivity index (χ0) is 18.3. The van der Waals surface area contributed by atoms with E-state index in [0.29, 0.717) is 18.1 Å². The Morgan fingerprint density at radius 3 is 2.96 bits per heavy atom. The molecule has 3 N–H and O–H groups in total. The normalized spacial score (nSPS) is 21.2. The molecule has 2 aliphatic heterocycles. The van der Waals surface area contributed by atoms with E-state index in [1.54, 1.807) is 13.3 Å². The van der Waals surface area contributed by atoms with Crippen LogP contribution in [0.15, 0.2) is 18.3 Å². The first-order valence-electron chi connectivity index (χ1n) is 8.97. The minimum Gasteiger partial charge on any atom is -0.493 e. The number of hydrogen-bond acceptors (Lipinski definition) is 5. The van der Waals surface area contributed by atoms with Crippen LogP contribution in [0.1, 0.15) is 25.5 Å². The van der Waals surface area contributed by atoms with Gasteiger partial charge in [-0.1, -0.05) is 0 Å². The smallest absolute Gasteiger partial charge is 0.317 e. The molecule has 138 valence electrons. The Morgan fingerprint density at radius 1 is 1.38 bits per heavy atom. The molecular weight excluding hydrogens is 332 g/mol. The Morgan fingerprint density at radius 2 is 2.19 bits per heavy atom. The van der Waals surface area contributed by atoms with Gasteiger partial charge in [0.15, 0.2) is 11.6 Å². The van der Waals surface area contributed by atoms with Crippen LogP contribution >= 0.6 is 0 Å². The predicted molar refractivity (Wildman–Crippen MR) is 98.0 cm³/mol. The monoisotopic (exact) mass is 356 g/mol. The Balaban J connectivity index is 1.62. The Kier molecular flexibility index (Phi) is 3.97. The zero-order valence-corrected chi connectivity index (χ0v) is 15.2. The van der Waals surface area contributed by atoms with E-state index in [4.69, 9.17) is 15.6 Å². The van der Waals surface area contributed by atoms with Crippen molar-refractivity contribution in [3.8, 4) is 17.0 Å². The van der Waals surface area contributed by atoms with Crippen molar-refractivity contribution < 1.29 is 9.53 Å².